The third-order valence-corrected chi connectivity index (χ3v) is 5.06. The summed E-state index contributed by atoms with van der Waals surface area (Å²) in [6.07, 6.45) is 3.81. The highest BCUT2D eigenvalue weighted by atomic mass is 79.9. The number of benzene rings is 1. The highest BCUT2D eigenvalue weighted by Gasteiger charge is 2.31. The topological polar surface area (TPSA) is 49.6 Å². The molecular weight excluding hydrogens is 318 g/mol. The average molecular weight is 338 g/mol. The van der Waals surface area contributed by atoms with E-state index in [1.165, 1.54) is 25.8 Å². The van der Waals surface area contributed by atoms with Gasteiger partial charge in [-0.2, -0.15) is 0 Å². The quantitative estimate of drug-likeness (QED) is 0.800. The van der Waals surface area contributed by atoms with Gasteiger partial charge in [0, 0.05) is 41.4 Å². The largest absolute Gasteiger partial charge is 0.398 e. The van der Waals surface area contributed by atoms with Crippen molar-refractivity contribution in [3.8, 4) is 0 Å². The molecule has 108 valence electrons. The third kappa shape index (κ3) is 2.69. The molecule has 2 aliphatic rings. The van der Waals surface area contributed by atoms with Gasteiger partial charge >= 0.3 is 0 Å². The van der Waals surface area contributed by atoms with E-state index in [4.69, 9.17) is 5.73 Å². The second-order valence-corrected chi connectivity index (χ2v) is 6.53. The van der Waals surface area contributed by atoms with Crippen molar-refractivity contribution in [3.05, 3.63) is 28.2 Å². The minimum absolute atomic E-state index is 0.121. The van der Waals surface area contributed by atoms with E-state index in [2.05, 4.69) is 20.8 Å². The molecule has 1 amide bonds. The Balaban J connectivity index is 1.72. The van der Waals surface area contributed by atoms with Crippen LogP contribution in [0.3, 0.4) is 0 Å². The van der Waals surface area contributed by atoms with E-state index in [9.17, 15) is 4.79 Å². The van der Waals surface area contributed by atoms with Gasteiger partial charge in [-0.05, 0) is 53.5 Å². The Morgan fingerprint density at radius 2 is 2.10 bits per heavy atom. The van der Waals surface area contributed by atoms with Gasteiger partial charge in [0.05, 0.1) is 0 Å². The molecule has 2 heterocycles. The predicted molar refractivity (Wildman–Crippen MR) is 83.7 cm³/mol. The Labute approximate surface area is 128 Å². The minimum atomic E-state index is 0.121. The lowest BCUT2D eigenvalue weighted by atomic mass is 9.99. The molecule has 1 aromatic carbocycles. The first-order chi connectivity index (χ1) is 9.65. The number of carbonyl (C=O) groups is 1. The van der Waals surface area contributed by atoms with E-state index in [0.29, 0.717) is 11.7 Å². The fraction of sp³-hybridized carbons (Fsp3) is 0.533. The molecule has 1 unspecified atom stereocenters. The zero-order chi connectivity index (χ0) is 14.1. The number of piperidine rings is 1. The molecule has 3 rings (SSSR count). The Morgan fingerprint density at radius 3 is 2.90 bits per heavy atom. The van der Waals surface area contributed by atoms with Crippen LogP contribution in [0.4, 0.5) is 5.69 Å². The number of piperazine rings is 1. The van der Waals surface area contributed by atoms with Crippen LogP contribution in [-0.4, -0.2) is 47.9 Å². The number of carbonyl (C=O) groups excluding carboxylic acids is 1. The summed E-state index contributed by atoms with van der Waals surface area (Å²) in [5, 5.41) is 0. The summed E-state index contributed by atoms with van der Waals surface area (Å²) < 4.78 is 0.791. The fourth-order valence-electron chi connectivity index (χ4n) is 3.18. The van der Waals surface area contributed by atoms with Gasteiger partial charge in [-0.1, -0.05) is 6.42 Å². The average Bonchev–Trinajstić information content (AvgIpc) is 2.49. The molecule has 0 saturated carbocycles. The Morgan fingerprint density at radius 1 is 1.25 bits per heavy atom. The van der Waals surface area contributed by atoms with Gasteiger partial charge < -0.3 is 10.6 Å². The first-order valence-corrected chi connectivity index (χ1v) is 8.03. The number of anilines is 1. The normalized spacial score (nSPS) is 23.4. The zero-order valence-electron chi connectivity index (χ0n) is 11.5. The highest BCUT2D eigenvalue weighted by Crippen LogP contribution is 2.24. The Bertz CT molecular complexity index is 520. The second kappa shape index (κ2) is 5.74. The molecule has 0 aromatic heterocycles. The molecule has 1 aromatic rings. The number of amides is 1. The van der Waals surface area contributed by atoms with Gasteiger partial charge in [-0.3, -0.25) is 9.69 Å². The van der Waals surface area contributed by atoms with Crippen LogP contribution in [0.25, 0.3) is 0 Å². The van der Waals surface area contributed by atoms with Gasteiger partial charge in [0.15, 0.2) is 0 Å². The molecule has 1 atom stereocenters. The zero-order valence-corrected chi connectivity index (χ0v) is 13.1. The van der Waals surface area contributed by atoms with Gasteiger partial charge in [0.1, 0.15) is 0 Å². The van der Waals surface area contributed by atoms with Crippen molar-refractivity contribution in [2.45, 2.75) is 25.3 Å². The molecular formula is C15H20BrN3O. The summed E-state index contributed by atoms with van der Waals surface area (Å²) in [5.74, 6) is 0.121. The first kappa shape index (κ1) is 13.9. The summed E-state index contributed by atoms with van der Waals surface area (Å²) in [5.41, 5.74) is 7.16. The number of hydrogen-bond donors (Lipinski definition) is 1. The van der Waals surface area contributed by atoms with Gasteiger partial charge in [-0.25, -0.2) is 0 Å². The number of hydrogen-bond acceptors (Lipinski definition) is 3. The van der Waals surface area contributed by atoms with E-state index in [-0.39, 0.29) is 5.91 Å². The summed E-state index contributed by atoms with van der Waals surface area (Å²) in [6, 6.07) is 5.98. The first-order valence-electron chi connectivity index (χ1n) is 7.23. The summed E-state index contributed by atoms with van der Waals surface area (Å²) in [4.78, 5) is 17.1. The van der Waals surface area contributed by atoms with Crippen LogP contribution < -0.4 is 5.73 Å². The van der Waals surface area contributed by atoms with Crippen molar-refractivity contribution in [2.24, 2.45) is 0 Å². The summed E-state index contributed by atoms with van der Waals surface area (Å²) >= 11 is 3.39. The number of nitrogen functional groups attached to an aromatic ring is 1. The maximum absolute atomic E-state index is 12.6. The van der Waals surface area contributed by atoms with Crippen LogP contribution in [0.5, 0.6) is 0 Å². The molecule has 4 nitrogen and oxygen atoms in total. The molecule has 2 saturated heterocycles. The standard InChI is InChI=1S/C15H20BrN3O/c16-13-9-11(4-5-14(13)17)15(20)19-8-7-18-6-2-1-3-12(18)10-19/h4-5,9,12H,1-3,6-8,10,17H2. The van der Waals surface area contributed by atoms with E-state index in [1.807, 2.05) is 17.0 Å². The molecule has 2 N–H and O–H groups in total. The van der Waals surface area contributed by atoms with Crippen molar-refractivity contribution in [1.82, 2.24) is 9.80 Å². The lowest BCUT2D eigenvalue weighted by Crippen LogP contribution is -2.56. The maximum Gasteiger partial charge on any atom is 0.253 e. The van der Waals surface area contributed by atoms with Crippen LogP contribution >= 0.6 is 15.9 Å². The van der Waals surface area contributed by atoms with Gasteiger partial charge in [0.2, 0.25) is 0 Å². The third-order valence-electron chi connectivity index (χ3n) is 4.37. The molecule has 0 radical (unpaired) electrons. The molecule has 20 heavy (non-hydrogen) atoms. The van der Waals surface area contributed by atoms with E-state index >= 15 is 0 Å². The minimum Gasteiger partial charge on any atom is -0.398 e. The number of fused-ring (bicyclic) bond motifs is 1. The lowest BCUT2D eigenvalue weighted by Gasteiger charge is -2.44. The SMILES string of the molecule is Nc1ccc(C(=O)N2CCN3CCCCC3C2)cc1Br. The number of nitrogens with two attached hydrogens (primary N) is 1. The predicted octanol–water partition coefficient (Wildman–Crippen LogP) is 2.34. The van der Waals surface area contributed by atoms with Crippen LogP contribution in [0.15, 0.2) is 22.7 Å². The molecule has 0 bridgehead atoms. The molecule has 2 aliphatic heterocycles. The van der Waals surface area contributed by atoms with Crippen LogP contribution in [0.1, 0.15) is 29.6 Å². The van der Waals surface area contributed by atoms with E-state index < -0.39 is 0 Å². The fourth-order valence-corrected chi connectivity index (χ4v) is 3.56. The molecule has 0 spiro atoms. The Kier molecular flexibility index (Phi) is 3.98. The Hall–Kier alpha value is -1.07. The van der Waals surface area contributed by atoms with Crippen molar-refractivity contribution in [1.29, 1.82) is 0 Å². The monoisotopic (exact) mass is 337 g/mol. The van der Waals surface area contributed by atoms with Crippen LogP contribution in [0, 0.1) is 0 Å². The van der Waals surface area contributed by atoms with Crippen molar-refractivity contribution in [2.75, 3.05) is 31.9 Å². The second-order valence-electron chi connectivity index (χ2n) is 5.67. The van der Waals surface area contributed by atoms with Gasteiger partial charge in [0.25, 0.3) is 5.91 Å². The number of rotatable bonds is 1. The lowest BCUT2D eigenvalue weighted by molar-refractivity contribution is 0.0372. The maximum atomic E-state index is 12.6. The highest BCUT2D eigenvalue weighted by molar-refractivity contribution is 9.10. The molecule has 5 heteroatoms. The van der Waals surface area contributed by atoms with Gasteiger partial charge in [-0.15, -0.1) is 0 Å². The van der Waals surface area contributed by atoms with Crippen molar-refractivity contribution in [3.63, 3.8) is 0 Å². The smallest absolute Gasteiger partial charge is 0.253 e. The molecule has 2 fully saturated rings. The van der Waals surface area contributed by atoms with E-state index in [0.717, 1.165) is 29.7 Å². The number of nitrogens with zero attached hydrogens (tertiary/aromatic N) is 2. The van der Waals surface area contributed by atoms with Crippen molar-refractivity contribution < 1.29 is 4.79 Å². The summed E-state index contributed by atoms with van der Waals surface area (Å²) in [6.45, 7) is 3.89. The van der Waals surface area contributed by atoms with E-state index in [1.54, 1.807) is 6.07 Å². The summed E-state index contributed by atoms with van der Waals surface area (Å²) in [7, 11) is 0. The van der Waals surface area contributed by atoms with Crippen LogP contribution in [0.2, 0.25) is 0 Å². The molecule has 0 aliphatic carbocycles. The number of halogens is 1. The van der Waals surface area contributed by atoms with Crippen LogP contribution in [-0.2, 0) is 0 Å². The van der Waals surface area contributed by atoms with Crippen molar-refractivity contribution >= 4 is 27.5 Å².